The second kappa shape index (κ2) is 11.2. The molecule has 2 radical (unpaired) electrons. The molecule has 0 unspecified atom stereocenters. The van der Waals surface area contributed by atoms with Crippen molar-refractivity contribution in [3.8, 4) is 0 Å². The predicted octanol–water partition coefficient (Wildman–Crippen LogP) is 7.03. The summed E-state index contributed by atoms with van der Waals surface area (Å²) in [7, 11) is -11.1. The smallest absolute Gasteiger partial charge is 0 e. The Hall–Kier alpha value is -1.05. The molecular weight excluding hydrogens is 618 g/mol. The Bertz CT molecular complexity index is 1150. The SMILES string of the molecule is CC(C)(C)[Si]12O[Si](C)(C)[N](c3ccccc3)[Ge]([N](c3ccccc3)[Si](C)(C)O1)[N](c1ccccc1)[Si](C)(C)O2.[Li]. The molecule has 3 aliphatic heterocycles. The molecular formula is C28H42GeLiN3O3Si4. The van der Waals surface area contributed by atoms with Crippen molar-refractivity contribution in [1.29, 1.82) is 0 Å². The van der Waals surface area contributed by atoms with E-state index in [2.05, 4.69) is 162 Å². The van der Waals surface area contributed by atoms with Crippen LogP contribution in [-0.4, -0.2) is 68.1 Å². The van der Waals surface area contributed by atoms with Crippen LogP contribution in [0.5, 0.6) is 0 Å². The van der Waals surface area contributed by atoms with Crippen LogP contribution in [0.3, 0.4) is 0 Å². The molecule has 12 heteroatoms. The van der Waals surface area contributed by atoms with Crippen LogP contribution < -0.4 is 10.6 Å². The maximum Gasteiger partial charge on any atom is 0 e. The molecule has 2 bridgehead atoms. The number of rotatable bonds is 3. The third-order valence-corrected chi connectivity index (χ3v) is 39.8. The Labute approximate surface area is 262 Å². The Balaban J connectivity index is 0.00000370. The molecule has 0 amide bonds. The van der Waals surface area contributed by atoms with Crippen LogP contribution in [0.15, 0.2) is 91.0 Å². The summed E-state index contributed by atoms with van der Waals surface area (Å²) in [6, 6.07) is 32.9. The monoisotopic (exact) mass is 661 g/mol. The third kappa shape index (κ3) is 5.65. The van der Waals surface area contributed by atoms with Crippen LogP contribution >= 0.6 is 0 Å². The number of para-hydroxylation sites is 3. The molecule has 208 valence electrons. The number of nitrogens with zero attached hydrogens (tertiary/aromatic N) is 3. The summed E-state index contributed by atoms with van der Waals surface area (Å²) in [5.41, 5.74) is 3.71. The van der Waals surface area contributed by atoms with Gasteiger partial charge in [0.25, 0.3) is 0 Å². The first-order valence-electron chi connectivity index (χ1n) is 13.7. The molecule has 0 N–H and O–H groups in total. The van der Waals surface area contributed by atoms with Crippen LogP contribution in [0, 0.1) is 0 Å². The summed E-state index contributed by atoms with van der Waals surface area (Å²) in [6.07, 6.45) is 0. The minimum absolute atomic E-state index is 0. The van der Waals surface area contributed by atoms with Crippen LogP contribution in [0.2, 0.25) is 44.3 Å². The second-order valence-corrected chi connectivity index (χ2v) is 34.7. The largest absolute Gasteiger partial charge is 0 e. The minimum atomic E-state index is -3.27. The van der Waals surface area contributed by atoms with Gasteiger partial charge in [-0.2, -0.15) is 0 Å². The third-order valence-electron chi connectivity index (χ3n) is 7.33. The van der Waals surface area contributed by atoms with Crippen molar-refractivity contribution < 1.29 is 12.3 Å². The van der Waals surface area contributed by atoms with Crippen molar-refractivity contribution in [3.05, 3.63) is 91.0 Å². The van der Waals surface area contributed by atoms with E-state index in [9.17, 15) is 0 Å². The van der Waals surface area contributed by atoms with Gasteiger partial charge in [-0.15, -0.1) is 0 Å². The van der Waals surface area contributed by atoms with E-state index in [0.29, 0.717) is 0 Å². The van der Waals surface area contributed by atoms with Crippen LogP contribution in [-0.2, 0) is 12.3 Å². The van der Waals surface area contributed by atoms with Crippen LogP contribution in [0.1, 0.15) is 20.8 Å². The van der Waals surface area contributed by atoms with Gasteiger partial charge in [-0.25, -0.2) is 0 Å². The zero-order valence-corrected chi connectivity index (χ0v) is 31.8. The number of fused-ring (bicyclic) bond motifs is 6. The summed E-state index contributed by atoms with van der Waals surface area (Å²) in [5, 5.41) is -0.298. The molecule has 3 fully saturated rings. The molecule has 3 aliphatic rings. The van der Waals surface area contributed by atoms with E-state index in [1.54, 1.807) is 0 Å². The molecule has 40 heavy (non-hydrogen) atoms. The maximum atomic E-state index is 7.53. The fourth-order valence-electron chi connectivity index (χ4n) is 5.68. The zero-order valence-electron chi connectivity index (χ0n) is 25.7. The van der Waals surface area contributed by atoms with E-state index >= 15 is 0 Å². The van der Waals surface area contributed by atoms with Crippen molar-refractivity contribution >= 4 is 85.2 Å². The number of hydrogen-bond donors (Lipinski definition) is 0. The van der Waals surface area contributed by atoms with Crippen molar-refractivity contribution in [1.82, 2.24) is 0 Å². The van der Waals surface area contributed by atoms with Gasteiger partial charge in [0.1, 0.15) is 0 Å². The Morgan fingerprint density at radius 2 is 0.750 bits per heavy atom. The Morgan fingerprint density at radius 1 is 0.500 bits per heavy atom. The first-order chi connectivity index (χ1) is 18.2. The number of hydrogen-bond acceptors (Lipinski definition) is 6. The molecule has 0 saturated carbocycles. The van der Waals surface area contributed by atoms with E-state index in [1.165, 1.54) is 17.1 Å². The Kier molecular flexibility index (Phi) is 8.94. The van der Waals surface area contributed by atoms with Gasteiger partial charge in [-0.3, -0.25) is 0 Å². The van der Waals surface area contributed by atoms with Crippen molar-refractivity contribution in [2.75, 3.05) is 10.6 Å². The van der Waals surface area contributed by atoms with Crippen LogP contribution in [0.25, 0.3) is 0 Å². The standard InChI is InChI=1S/C28H42GeN3O3Si4.Li/c1-28(2,3)39-33-36(4,5)30(25-19-13-10-14-20-25)29(31(37(6,7)34-39)26-21-15-11-16-22-26)32(38(8,9)35-39)27-23-17-12-18-24-27;/h10-24H,1-9H3;. The molecule has 3 saturated heterocycles. The summed E-state index contributed by atoms with van der Waals surface area (Å²) < 4.78 is 30.9. The average Bonchev–Trinajstić information content (AvgIpc) is 2.83. The predicted molar refractivity (Wildman–Crippen MR) is 179 cm³/mol. The minimum Gasteiger partial charge on any atom is 0 e. The molecule has 6 nitrogen and oxygen atoms in total. The topological polar surface area (TPSA) is 37.4 Å². The fraction of sp³-hybridized carbons (Fsp3) is 0.357. The fourth-order valence-corrected chi connectivity index (χ4v) is 43.7. The zero-order chi connectivity index (χ0) is 28.3. The van der Waals surface area contributed by atoms with E-state index in [1.807, 2.05) is 0 Å². The summed E-state index contributed by atoms with van der Waals surface area (Å²) in [5.74, 6) is 0. The van der Waals surface area contributed by atoms with Gasteiger partial charge in [0.2, 0.25) is 0 Å². The van der Waals surface area contributed by atoms with E-state index < -0.39 is 49.3 Å². The van der Waals surface area contributed by atoms with Crippen molar-refractivity contribution in [3.63, 3.8) is 0 Å². The summed E-state index contributed by atoms with van der Waals surface area (Å²) in [6.45, 7) is 20.8. The van der Waals surface area contributed by atoms with Gasteiger partial charge in [0.15, 0.2) is 0 Å². The van der Waals surface area contributed by atoms with E-state index in [0.717, 1.165) is 0 Å². The molecule has 3 heterocycles. The average molecular weight is 661 g/mol. The first-order valence-corrected chi connectivity index (χ1v) is 26.8. The molecule has 0 spiro atoms. The van der Waals surface area contributed by atoms with Gasteiger partial charge in [0.05, 0.1) is 0 Å². The van der Waals surface area contributed by atoms with Gasteiger partial charge >= 0.3 is 245 Å². The maximum absolute atomic E-state index is 7.53. The van der Waals surface area contributed by atoms with Crippen molar-refractivity contribution in [2.45, 2.75) is 65.1 Å². The quantitative estimate of drug-likeness (QED) is 0.281. The molecule has 0 aliphatic carbocycles. The normalized spacial score (nSPS) is 21.7. The molecule has 0 atom stereocenters. The van der Waals surface area contributed by atoms with Gasteiger partial charge in [-0.1, -0.05) is 0 Å². The van der Waals surface area contributed by atoms with Crippen LogP contribution in [0.4, 0.5) is 17.1 Å². The number of anilines is 3. The summed E-state index contributed by atoms with van der Waals surface area (Å²) in [4.78, 5) is 0. The molecule has 6 rings (SSSR count). The van der Waals surface area contributed by atoms with Gasteiger partial charge < -0.3 is 0 Å². The molecule has 0 aromatic heterocycles. The second-order valence-electron chi connectivity index (χ2n) is 12.8. The van der Waals surface area contributed by atoms with Gasteiger partial charge in [0, 0.05) is 18.9 Å². The summed E-state index contributed by atoms with van der Waals surface area (Å²) >= 11 is -2.74. The Morgan fingerprint density at radius 3 is 0.975 bits per heavy atom. The molecule has 3 aromatic carbocycles. The van der Waals surface area contributed by atoms with E-state index in [-0.39, 0.29) is 23.9 Å². The van der Waals surface area contributed by atoms with Crippen molar-refractivity contribution in [2.24, 2.45) is 0 Å². The first kappa shape index (κ1) is 31.9. The van der Waals surface area contributed by atoms with Gasteiger partial charge in [-0.05, 0) is 0 Å². The van der Waals surface area contributed by atoms with E-state index in [4.69, 9.17) is 12.3 Å². The number of benzene rings is 3. The molecule has 3 aromatic rings.